The fraction of sp³-hybridized carbons (Fsp3) is 0.731. The minimum Gasteiger partial charge on any atom is -0.444 e. The molecule has 2 aliphatic rings. The van der Waals surface area contributed by atoms with Crippen molar-refractivity contribution in [3.8, 4) is 0 Å². The molecule has 8 heteroatoms. The Hall–Kier alpha value is -2.35. The number of likely N-dealkylation sites (N-methyl/N-ethyl adjacent to an activating group) is 1. The van der Waals surface area contributed by atoms with Crippen molar-refractivity contribution >= 4 is 17.6 Å². The second kappa shape index (κ2) is 10.1. The zero-order valence-corrected chi connectivity index (χ0v) is 22.0. The molecule has 1 aliphatic heterocycles. The highest BCUT2D eigenvalue weighted by molar-refractivity contribution is 5.86. The minimum atomic E-state index is -0.500. The Bertz CT molecular complexity index is 912. The first kappa shape index (κ1) is 26.3. The molecule has 1 spiro atoms. The average Bonchev–Trinajstić information content (AvgIpc) is 3.36. The highest BCUT2D eigenvalue weighted by Crippen LogP contribution is 2.48. The minimum absolute atomic E-state index is 0.0802. The van der Waals surface area contributed by atoms with Crippen molar-refractivity contribution < 1.29 is 14.3 Å². The third-order valence-electron chi connectivity index (χ3n) is 7.55. The van der Waals surface area contributed by atoms with Gasteiger partial charge in [-0.15, -0.1) is 0 Å². The van der Waals surface area contributed by atoms with Crippen molar-refractivity contribution in [1.82, 2.24) is 25.7 Å². The SMILES string of the molecule is CCC1(CC)CC2(CC=C(c3n[nH]cc3C(C)NCCN(C)C(=O)OC(C)(C)C)CC2)NC1=O. The summed E-state index contributed by atoms with van der Waals surface area (Å²) in [5, 5.41) is 14.5. The van der Waals surface area contributed by atoms with Crippen LogP contribution < -0.4 is 10.6 Å². The van der Waals surface area contributed by atoms with E-state index >= 15 is 0 Å². The molecule has 34 heavy (non-hydrogen) atoms. The lowest BCUT2D eigenvalue weighted by Crippen LogP contribution is -2.42. The summed E-state index contributed by atoms with van der Waals surface area (Å²) in [4.78, 5) is 26.5. The van der Waals surface area contributed by atoms with Crippen LogP contribution in [0.2, 0.25) is 0 Å². The molecule has 0 bridgehead atoms. The van der Waals surface area contributed by atoms with Crippen LogP contribution in [0.3, 0.4) is 0 Å². The molecule has 1 fully saturated rings. The second-order valence-corrected chi connectivity index (χ2v) is 11.1. The van der Waals surface area contributed by atoms with Crippen LogP contribution in [0.15, 0.2) is 12.3 Å². The van der Waals surface area contributed by atoms with E-state index in [1.54, 1.807) is 11.9 Å². The van der Waals surface area contributed by atoms with Gasteiger partial charge in [-0.3, -0.25) is 9.89 Å². The number of ether oxygens (including phenoxy) is 1. The lowest BCUT2D eigenvalue weighted by atomic mass is 9.71. The molecule has 0 radical (unpaired) electrons. The quantitative estimate of drug-likeness (QED) is 0.514. The van der Waals surface area contributed by atoms with E-state index in [-0.39, 0.29) is 29.0 Å². The molecule has 1 aliphatic carbocycles. The second-order valence-electron chi connectivity index (χ2n) is 11.1. The van der Waals surface area contributed by atoms with E-state index < -0.39 is 5.60 Å². The van der Waals surface area contributed by atoms with Gasteiger partial charge in [0.15, 0.2) is 0 Å². The highest BCUT2D eigenvalue weighted by Gasteiger charge is 2.52. The summed E-state index contributed by atoms with van der Waals surface area (Å²) >= 11 is 0. The van der Waals surface area contributed by atoms with Crippen molar-refractivity contribution in [3.63, 3.8) is 0 Å². The molecule has 2 atom stereocenters. The predicted octanol–water partition coefficient (Wildman–Crippen LogP) is 4.56. The Morgan fingerprint density at radius 3 is 2.59 bits per heavy atom. The fourth-order valence-electron chi connectivity index (χ4n) is 5.23. The number of aromatic nitrogens is 2. The van der Waals surface area contributed by atoms with E-state index in [1.165, 1.54) is 5.57 Å². The van der Waals surface area contributed by atoms with E-state index in [4.69, 9.17) is 4.74 Å². The predicted molar refractivity (Wildman–Crippen MR) is 134 cm³/mol. The maximum atomic E-state index is 12.8. The summed E-state index contributed by atoms with van der Waals surface area (Å²) in [6.45, 7) is 13.2. The van der Waals surface area contributed by atoms with E-state index in [0.29, 0.717) is 13.1 Å². The van der Waals surface area contributed by atoms with E-state index in [1.807, 2.05) is 27.0 Å². The fourth-order valence-corrected chi connectivity index (χ4v) is 5.23. The van der Waals surface area contributed by atoms with Crippen LogP contribution in [0.5, 0.6) is 0 Å². The van der Waals surface area contributed by atoms with Gasteiger partial charge in [0, 0.05) is 43.5 Å². The van der Waals surface area contributed by atoms with Crippen LogP contribution in [0, 0.1) is 5.41 Å². The smallest absolute Gasteiger partial charge is 0.410 e. The molecule has 1 aromatic heterocycles. The van der Waals surface area contributed by atoms with E-state index in [0.717, 1.165) is 49.8 Å². The zero-order chi connectivity index (χ0) is 25.1. The summed E-state index contributed by atoms with van der Waals surface area (Å²) in [5.74, 6) is 0.226. The van der Waals surface area contributed by atoms with Crippen LogP contribution in [0.25, 0.3) is 5.57 Å². The number of hydrogen-bond acceptors (Lipinski definition) is 5. The van der Waals surface area contributed by atoms with Gasteiger partial charge in [-0.05, 0) is 71.8 Å². The first-order valence-electron chi connectivity index (χ1n) is 12.7. The van der Waals surface area contributed by atoms with E-state index in [9.17, 15) is 9.59 Å². The molecular formula is C26H43N5O3. The number of nitrogens with zero attached hydrogens (tertiary/aromatic N) is 2. The van der Waals surface area contributed by atoms with Gasteiger partial charge in [0.1, 0.15) is 5.60 Å². The number of hydrogen-bond donors (Lipinski definition) is 3. The van der Waals surface area contributed by atoms with Gasteiger partial charge >= 0.3 is 6.09 Å². The molecular weight excluding hydrogens is 430 g/mol. The summed E-state index contributed by atoms with van der Waals surface area (Å²) in [5.41, 5.74) is 2.53. The number of carbonyl (C=O) groups excluding carboxylic acids is 2. The van der Waals surface area contributed by atoms with Crippen LogP contribution in [-0.4, -0.2) is 58.4 Å². The molecule has 2 unspecified atom stereocenters. The number of rotatable bonds is 8. The molecule has 8 nitrogen and oxygen atoms in total. The normalized spacial score (nSPS) is 22.9. The first-order chi connectivity index (χ1) is 15.9. The van der Waals surface area contributed by atoms with Crippen LogP contribution in [0.1, 0.15) is 97.4 Å². The number of allylic oxidation sites excluding steroid dienone is 1. The number of carbonyl (C=O) groups is 2. The monoisotopic (exact) mass is 473 g/mol. The third kappa shape index (κ3) is 5.65. The number of aromatic amines is 1. The zero-order valence-electron chi connectivity index (χ0n) is 22.0. The lowest BCUT2D eigenvalue weighted by Gasteiger charge is -2.34. The van der Waals surface area contributed by atoms with Gasteiger partial charge in [0.25, 0.3) is 0 Å². The molecule has 0 saturated carbocycles. The standard InChI is InChI=1S/C26H43N5O3/c1-8-25(9-2)17-26(29-22(25)32)12-10-19(11-13-26)21-20(16-28-30-21)18(3)27-14-15-31(7)23(33)34-24(4,5)6/h10,16,18,27H,8-9,11-15,17H2,1-7H3,(H,28,30)(H,29,32). The van der Waals surface area contributed by atoms with Gasteiger partial charge in [0.05, 0.1) is 11.1 Å². The van der Waals surface area contributed by atoms with Gasteiger partial charge in [-0.25, -0.2) is 4.79 Å². The largest absolute Gasteiger partial charge is 0.444 e. The molecule has 3 N–H and O–H groups in total. The van der Waals surface area contributed by atoms with Gasteiger partial charge in [0.2, 0.25) is 5.91 Å². The van der Waals surface area contributed by atoms with Gasteiger partial charge in [-0.1, -0.05) is 19.9 Å². The summed E-state index contributed by atoms with van der Waals surface area (Å²) in [7, 11) is 1.75. The maximum Gasteiger partial charge on any atom is 0.410 e. The summed E-state index contributed by atoms with van der Waals surface area (Å²) in [6, 6.07) is 0.0802. The molecule has 190 valence electrons. The first-order valence-corrected chi connectivity index (χ1v) is 12.7. The van der Waals surface area contributed by atoms with Crippen molar-refractivity contribution in [2.24, 2.45) is 5.41 Å². The number of amides is 2. The lowest BCUT2D eigenvalue weighted by molar-refractivity contribution is -0.128. The summed E-state index contributed by atoms with van der Waals surface area (Å²) in [6.07, 6.45) is 9.31. The average molecular weight is 474 g/mol. The Morgan fingerprint density at radius 2 is 2.03 bits per heavy atom. The molecule has 2 heterocycles. The van der Waals surface area contributed by atoms with E-state index in [2.05, 4.69) is 47.7 Å². The Labute approximate surface area is 204 Å². The summed E-state index contributed by atoms with van der Waals surface area (Å²) < 4.78 is 5.41. The van der Waals surface area contributed by atoms with Gasteiger partial charge < -0.3 is 20.3 Å². The number of H-pyrrole nitrogens is 1. The molecule has 0 aromatic carbocycles. The Balaban J connectivity index is 1.59. The highest BCUT2D eigenvalue weighted by atomic mass is 16.6. The van der Waals surface area contributed by atoms with Crippen molar-refractivity contribution in [2.45, 2.75) is 97.2 Å². The van der Waals surface area contributed by atoms with Crippen molar-refractivity contribution in [2.75, 3.05) is 20.1 Å². The molecule has 1 saturated heterocycles. The molecule has 2 amide bonds. The topological polar surface area (TPSA) is 99.3 Å². The van der Waals surface area contributed by atoms with Crippen LogP contribution in [-0.2, 0) is 9.53 Å². The van der Waals surface area contributed by atoms with Crippen LogP contribution >= 0.6 is 0 Å². The molecule has 1 aromatic rings. The maximum absolute atomic E-state index is 12.8. The van der Waals surface area contributed by atoms with Crippen molar-refractivity contribution in [1.29, 1.82) is 0 Å². The van der Waals surface area contributed by atoms with Crippen molar-refractivity contribution in [3.05, 3.63) is 23.5 Å². The third-order valence-corrected chi connectivity index (χ3v) is 7.55. The Morgan fingerprint density at radius 1 is 1.32 bits per heavy atom. The van der Waals surface area contributed by atoms with Gasteiger partial charge in [-0.2, -0.15) is 5.10 Å². The molecule has 3 rings (SSSR count). The van der Waals surface area contributed by atoms with Crippen LogP contribution in [0.4, 0.5) is 4.79 Å². The Kier molecular flexibility index (Phi) is 7.80. The number of nitrogens with one attached hydrogen (secondary N) is 3.